The summed E-state index contributed by atoms with van der Waals surface area (Å²) in [5.41, 5.74) is -0.367. The first kappa shape index (κ1) is 15.0. The Labute approximate surface area is 124 Å². The van der Waals surface area contributed by atoms with E-state index in [9.17, 15) is 17.6 Å². The summed E-state index contributed by atoms with van der Waals surface area (Å²) in [6, 6.07) is 2.91. The van der Waals surface area contributed by atoms with Crippen LogP contribution in [-0.2, 0) is 6.18 Å². The molecule has 2 heterocycles. The average molecular weight is 313 g/mol. The summed E-state index contributed by atoms with van der Waals surface area (Å²) in [5.74, 6) is -0.172. The summed E-state index contributed by atoms with van der Waals surface area (Å²) >= 11 is 0. The molecule has 7 heteroatoms. The Balaban J connectivity index is 1.85. The minimum Gasteiger partial charge on any atom is -0.342 e. The number of nitrogens with one attached hydrogen (secondary N) is 2. The minimum atomic E-state index is -4.68. The number of aromatic nitrogens is 2. The first-order valence-electron chi connectivity index (χ1n) is 7.08. The van der Waals surface area contributed by atoms with Gasteiger partial charge in [0.1, 0.15) is 11.6 Å². The van der Waals surface area contributed by atoms with Crippen LogP contribution in [0.1, 0.15) is 30.1 Å². The molecule has 1 saturated heterocycles. The van der Waals surface area contributed by atoms with Crippen molar-refractivity contribution < 1.29 is 17.6 Å². The molecule has 1 aliphatic rings. The zero-order chi connectivity index (χ0) is 15.7. The van der Waals surface area contributed by atoms with Crippen LogP contribution in [0, 0.1) is 5.82 Å². The number of H-pyrrole nitrogens is 1. The largest absolute Gasteiger partial charge is 0.419 e. The second kappa shape index (κ2) is 5.72. The highest BCUT2D eigenvalue weighted by molar-refractivity contribution is 5.59. The summed E-state index contributed by atoms with van der Waals surface area (Å²) in [7, 11) is 0. The maximum atomic E-state index is 13.6. The van der Waals surface area contributed by atoms with Gasteiger partial charge in [0.05, 0.1) is 17.5 Å². The lowest BCUT2D eigenvalue weighted by Crippen LogP contribution is -2.27. The predicted octanol–water partition coefficient (Wildman–Crippen LogP) is 3.70. The number of piperidine rings is 1. The van der Waals surface area contributed by atoms with Crippen LogP contribution in [0.4, 0.5) is 17.6 Å². The van der Waals surface area contributed by atoms with Crippen molar-refractivity contribution in [3.63, 3.8) is 0 Å². The molecule has 22 heavy (non-hydrogen) atoms. The van der Waals surface area contributed by atoms with Crippen molar-refractivity contribution >= 4 is 0 Å². The fourth-order valence-corrected chi connectivity index (χ4v) is 2.70. The monoisotopic (exact) mass is 313 g/mol. The normalized spacial score (nSPS) is 16.9. The molecule has 2 aromatic rings. The van der Waals surface area contributed by atoms with Gasteiger partial charge >= 0.3 is 6.18 Å². The second-order valence-corrected chi connectivity index (χ2v) is 5.40. The number of hydrogen-bond donors (Lipinski definition) is 2. The molecule has 3 rings (SSSR count). The lowest BCUT2D eigenvalue weighted by atomic mass is 9.98. The molecule has 1 aromatic heterocycles. The van der Waals surface area contributed by atoms with Crippen LogP contribution in [-0.4, -0.2) is 23.1 Å². The van der Waals surface area contributed by atoms with Crippen molar-refractivity contribution in [3.05, 3.63) is 41.6 Å². The van der Waals surface area contributed by atoms with Crippen molar-refractivity contribution in [1.29, 1.82) is 0 Å². The molecule has 3 nitrogen and oxygen atoms in total. The zero-order valence-electron chi connectivity index (χ0n) is 11.7. The van der Waals surface area contributed by atoms with E-state index in [1.807, 2.05) is 0 Å². The van der Waals surface area contributed by atoms with Crippen molar-refractivity contribution in [2.24, 2.45) is 0 Å². The minimum absolute atomic E-state index is 0.300. The Hall–Kier alpha value is -1.89. The Kier molecular flexibility index (Phi) is 3.90. The smallest absolute Gasteiger partial charge is 0.342 e. The van der Waals surface area contributed by atoms with E-state index < -0.39 is 17.6 Å². The summed E-state index contributed by atoms with van der Waals surface area (Å²) in [5, 5.41) is 3.25. The van der Waals surface area contributed by atoms with E-state index in [-0.39, 0.29) is 0 Å². The van der Waals surface area contributed by atoms with Gasteiger partial charge in [-0.3, -0.25) is 0 Å². The first-order valence-corrected chi connectivity index (χ1v) is 7.08. The third kappa shape index (κ3) is 2.99. The quantitative estimate of drug-likeness (QED) is 0.830. The van der Waals surface area contributed by atoms with E-state index >= 15 is 0 Å². The molecule has 0 bridgehead atoms. The van der Waals surface area contributed by atoms with Crippen LogP contribution in [0.2, 0.25) is 0 Å². The van der Waals surface area contributed by atoms with Gasteiger partial charge in [-0.25, -0.2) is 9.37 Å². The Morgan fingerprint density at radius 3 is 2.50 bits per heavy atom. The lowest BCUT2D eigenvalue weighted by Gasteiger charge is -2.20. The highest BCUT2D eigenvalue weighted by Gasteiger charge is 2.34. The van der Waals surface area contributed by atoms with E-state index in [1.165, 1.54) is 6.07 Å². The number of aromatic amines is 1. The van der Waals surface area contributed by atoms with Crippen LogP contribution in [0.3, 0.4) is 0 Å². The van der Waals surface area contributed by atoms with Crippen LogP contribution >= 0.6 is 0 Å². The molecule has 0 unspecified atom stereocenters. The molecule has 0 radical (unpaired) electrons. The molecule has 1 aliphatic heterocycles. The van der Waals surface area contributed by atoms with Gasteiger partial charge in [-0.1, -0.05) is 6.07 Å². The second-order valence-electron chi connectivity index (χ2n) is 5.40. The fraction of sp³-hybridized carbons (Fsp3) is 0.400. The third-order valence-electron chi connectivity index (χ3n) is 3.91. The van der Waals surface area contributed by atoms with Gasteiger partial charge in [0.25, 0.3) is 0 Å². The fourth-order valence-electron chi connectivity index (χ4n) is 2.70. The van der Waals surface area contributed by atoms with E-state index in [1.54, 1.807) is 6.20 Å². The number of alkyl halides is 3. The summed E-state index contributed by atoms with van der Waals surface area (Å²) in [4.78, 5) is 7.39. The van der Waals surface area contributed by atoms with Gasteiger partial charge in [0.2, 0.25) is 0 Å². The van der Waals surface area contributed by atoms with Crippen LogP contribution < -0.4 is 5.32 Å². The number of hydrogen-bond acceptors (Lipinski definition) is 2. The van der Waals surface area contributed by atoms with Crippen molar-refractivity contribution in [2.75, 3.05) is 13.1 Å². The van der Waals surface area contributed by atoms with E-state index in [2.05, 4.69) is 15.3 Å². The highest BCUT2D eigenvalue weighted by atomic mass is 19.4. The Bertz CT molecular complexity index is 657. The predicted molar refractivity (Wildman–Crippen MR) is 73.8 cm³/mol. The average Bonchev–Trinajstić information content (AvgIpc) is 2.96. The van der Waals surface area contributed by atoms with Crippen molar-refractivity contribution in [1.82, 2.24) is 15.3 Å². The molecule has 0 saturated carbocycles. The standard InChI is InChI=1S/C15H15F4N3/c16-12-7-10(1-2-11(12)15(17,18)19)13-8-21-14(22-13)9-3-5-20-6-4-9/h1-2,7-9,20H,3-6H2,(H,21,22). The molecular formula is C15H15F4N3. The summed E-state index contributed by atoms with van der Waals surface area (Å²) < 4.78 is 51.3. The molecular weight excluding hydrogens is 298 g/mol. The molecule has 1 fully saturated rings. The number of rotatable bonds is 2. The topological polar surface area (TPSA) is 40.7 Å². The highest BCUT2D eigenvalue weighted by Crippen LogP contribution is 2.33. The molecule has 2 N–H and O–H groups in total. The molecule has 0 amide bonds. The third-order valence-corrected chi connectivity index (χ3v) is 3.91. The summed E-state index contributed by atoms with van der Waals surface area (Å²) in [6.07, 6.45) is -1.24. The number of halogens is 4. The maximum Gasteiger partial charge on any atom is 0.419 e. The van der Waals surface area contributed by atoms with Gasteiger partial charge in [-0.2, -0.15) is 13.2 Å². The van der Waals surface area contributed by atoms with Gasteiger partial charge in [-0.05, 0) is 38.1 Å². The van der Waals surface area contributed by atoms with Gasteiger partial charge < -0.3 is 10.3 Å². The van der Waals surface area contributed by atoms with Crippen LogP contribution in [0.5, 0.6) is 0 Å². The Morgan fingerprint density at radius 1 is 1.14 bits per heavy atom. The number of imidazole rings is 1. The Morgan fingerprint density at radius 2 is 1.86 bits per heavy atom. The van der Waals surface area contributed by atoms with Crippen LogP contribution in [0.15, 0.2) is 24.4 Å². The van der Waals surface area contributed by atoms with Crippen molar-refractivity contribution in [3.8, 4) is 11.3 Å². The van der Waals surface area contributed by atoms with E-state index in [0.29, 0.717) is 17.2 Å². The molecule has 0 atom stereocenters. The molecule has 0 spiro atoms. The molecule has 118 valence electrons. The summed E-state index contributed by atoms with van der Waals surface area (Å²) in [6.45, 7) is 1.82. The number of nitrogens with zero attached hydrogens (tertiary/aromatic N) is 1. The molecule has 1 aromatic carbocycles. The van der Waals surface area contributed by atoms with E-state index in [4.69, 9.17) is 0 Å². The maximum absolute atomic E-state index is 13.6. The van der Waals surface area contributed by atoms with Gasteiger partial charge in [-0.15, -0.1) is 0 Å². The van der Waals surface area contributed by atoms with Gasteiger partial charge in [0.15, 0.2) is 0 Å². The first-order chi connectivity index (χ1) is 10.4. The zero-order valence-corrected chi connectivity index (χ0v) is 11.7. The van der Waals surface area contributed by atoms with Gasteiger partial charge in [0, 0.05) is 11.5 Å². The lowest BCUT2D eigenvalue weighted by molar-refractivity contribution is -0.139. The van der Waals surface area contributed by atoms with Crippen LogP contribution in [0.25, 0.3) is 11.3 Å². The van der Waals surface area contributed by atoms with Crippen molar-refractivity contribution in [2.45, 2.75) is 24.9 Å². The number of benzene rings is 1. The molecule has 0 aliphatic carbocycles. The SMILES string of the molecule is Fc1cc(-c2cnc(C3CCNCC3)[nH]2)ccc1C(F)(F)F. The van der Waals surface area contributed by atoms with E-state index in [0.717, 1.165) is 43.9 Å².